The van der Waals surface area contributed by atoms with Crippen molar-refractivity contribution < 1.29 is 23.8 Å². The van der Waals surface area contributed by atoms with Crippen LogP contribution in [0.3, 0.4) is 0 Å². The molecule has 110 valence electrons. The third-order valence-electron chi connectivity index (χ3n) is 2.53. The number of hydrogen-bond acceptors (Lipinski definition) is 5. The van der Waals surface area contributed by atoms with E-state index in [0.717, 1.165) is 12.8 Å². The monoisotopic (exact) mass is 280 g/mol. The maximum absolute atomic E-state index is 11.5. The number of carbonyl (C=O) groups is 2. The van der Waals surface area contributed by atoms with Crippen molar-refractivity contribution in [1.82, 2.24) is 0 Å². The molecule has 0 radical (unpaired) electrons. The number of aldehydes is 1. The van der Waals surface area contributed by atoms with E-state index in [2.05, 4.69) is 0 Å². The Kier molecular flexibility index (Phi) is 7.17. The predicted octanol–water partition coefficient (Wildman–Crippen LogP) is 2.62. The molecule has 0 heterocycles. The fourth-order valence-corrected chi connectivity index (χ4v) is 1.55. The summed E-state index contributed by atoms with van der Waals surface area (Å²) in [6.45, 7) is 4.43. The summed E-state index contributed by atoms with van der Waals surface area (Å²) in [4.78, 5) is 22.5. The van der Waals surface area contributed by atoms with Crippen molar-refractivity contribution in [2.75, 3.05) is 19.8 Å². The van der Waals surface area contributed by atoms with Gasteiger partial charge in [0.05, 0.1) is 18.8 Å². The standard InChI is InChI=1S/C15H20O5/c1-3-5-9-19-14(17)11-20-15-12(10-16)7-6-8-13(15)18-4-2/h6-8,10H,3-5,9,11H2,1-2H3. The van der Waals surface area contributed by atoms with Gasteiger partial charge in [-0.15, -0.1) is 0 Å². The second-order valence-corrected chi connectivity index (χ2v) is 4.09. The lowest BCUT2D eigenvalue weighted by Crippen LogP contribution is -2.16. The Bertz CT molecular complexity index is 442. The van der Waals surface area contributed by atoms with Crippen molar-refractivity contribution in [2.24, 2.45) is 0 Å². The Hall–Kier alpha value is -2.04. The lowest BCUT2D eigenvalue weighted by atomic mass is 10.2. The van der Waals surface area contributed by atoms with E-state index in [0.29, 0.717) is 30.8 Å². The van der Waals surface area contributed by atoms with Crippen molar-refractivity contribution in [3.05, 3.63) is 23.8 Å². The lowest BCUT2D eigenvalue weighted by molar-refractivity contribution is -0.146. The first-order valence-electron chi connectivity index (χ1n) is 6.72. The van der Waals surface area contributed by atoms with Crippen LogP contribution in [0.25, 0.3) is 0 Å². The highest BCUT2D eigenvalue weighted by molar-refractivity contribution is 5.81. The van der Waals surface area contributed by atoms with Gasteiger partial charge in [0, 0.05) is 0 Å². The van der Waals surface area contributed by atoms with Crippen molar-refractivity contribution in [2.45, 2.75) is 26.7 Å². The average molecular weight is 280 g/mol. The van der Waals surface area contributed by atoms with Crippen LogP contribution in [-0.4, -0.2) is 32.1 Å². The van der Waals surface area contributed by atoms with Crippen LogP contribution >= 0.6 is 0 Å². The van der Waals surface area contributed by atoms with E-state index in [4.69, 9.17) is 14.2 Å². The summed E-state index contributed by atoms with van der Waals surface area (Å²) in [5, 5.41) is 0. The van der Waals surface area contributed by atoms with Gasteiger partial charge in [-0.25, -0.2) is 4.79 Å². The first kappa shape index (κ1) is 16.0. The molecular formula is C15H20O5. The smallest absolute Gasteiger partial charge is 0.344 e. The first-order valence-corrected chi connectivity index (χ1v) is 6.72. The Labute approximate surface area is 118 Å². The molecule has 0 saturated carbocycles. The second-order valence-electron chi connectivity index (χ2n) is 4.09. The molecule has 5 nitrogen and oxygen atoms in total. The SMILES string of the molecule is CCCCOC(=O)COc1c(C=O)cccc1OCC. The van der Waals surface area contributed by atoms with E-state index in [1.807, 2.05) is 13.8 Å². The summed E-state index contributed by atoms with van der Waals surface area (Å²) in [7, 11) is 0. The normalized spacial score (nSPS) is 9.90. The number of hydrogen-bond donors (Lipinski definition) is 0. The van der Waals surface area contributed by atoms with E-state index in [1.54, 1.807) is 18.2 Å². The van der Waals surface area contributed by atoms with Crippen molar-refractivity contribution >= 4 is 12.3 Å². The molecule has 1 aromatic rings. The fraction of sp³-hybridized carbons (Fsp3) is 0.467. The molecule has 0 aliphatic carbocycles. The Morgan fingerprint density at radius 2 is 2.05 bits per heavy atom. The van der Waals surface area contributed by atoms with Crippen molar-refractivity contribution in [1.29, 1.82) is 0 Å². The van der Waals surface area contributed by atoms with Crippen LogP contribution in [0.4, 0.5) is 0 Å². The van der Waals surface area contributed by atoms with Crippen molar-refractivity contribution in [3.63, 3.8) is 0 Å². The molecular weight excluding hydrogens is 260 g/mol. The Balaban J connectivity index is 2.65. The second kappa shape index (κ2) is 8.96. The van der Waals surface area contributed by atoms with Crippen LogP contribution in [0.1, 0.15) is 37.0 Å². The predicted molar refractivity (Wildman–Crippen MR) is 74.4 cm³/mol. The summed E-state index contributed by atoms with van der Waals surface area (Å²) < 4.78 is 15.7. The maximum atomic E-state index is 11.5. The largest absolute Gasteiger partial charge is 0.490 e. The topological polar surface area (TPSA) is 61.8 Å². The molecule has 0 fully saturated rings. The van der Waals surface area contributed by atoms with E-state index in [9.17, 15) is 9.59 Å². The molecule has 20 heavy (non-hydrogen) atoms. The number of para-hydroxylation sites is 1. The number of benzene rings is 1. The maximum Gasteiger partial charge on any atom is 0.344 e. The number of unbranched alkanes of at least 4 members (excludes halogenated alkanes) is 1. The summed E-state index contributed by atoms with van der Waals surface area (Å²) >= 11 is 0. The fourth-order valence-electron chi connectivity index (χ4n) is 1.55. The van der Waals surface area contributed by atoms with Gasteiger partial charge >= 0.3 is 5.97 Å². The Morgan fingerprint density at radius 3 is 2.70 bits per heavy atom. The highest BCUT2D eigenvalue weighted by Crippen LogP contribution is 2.30. The van der Waals surface area contributed by atoms with Crippen LogP contribution in [0.2, 0.25) is 0 Å². The molecule has 1 rings (SSSR count). The van der Waals surface area contributed by atoms with E-state index >= 15 is 0 Å². The van der Waals surface area contributed by atoms with Crippen LogP contribution < -0.4 is 9.47 Å². The molecule has 0 amide bonds. The minimum Gasteiger partial charge on any atom is -0.490 e. The molecule has 5 heteroatoms. The number of ether oxygens (including phenoxy) is 3. The van der Waals surface area contributed by atoms with Gasteiger partial charge in [0.2, 0.25) is 0 Å². The van der Waals surface area contributed by atoms with E-state index in [1.165, 1.54) is 0 Å². The molecule has 1 aromatic carbocycles. The van der Waals surface area contributed by atoms with Gasteiger partial charge < -0.3 is 14.2 Å². The molecule has 0 saturated heterocycles. The highest BCUT2D eigenvalue weighted by Gasteiger charge is 2.13. The van der Waals surface area contributed by atoms with Gasteiger partial charge in [-0.3, -0.25) is 4.79 Å². The molecule has 0 aliphatic rings. The van der Waals surface area contributed by atoms with Crippen LogP contribution in [0.15, 0.2) is 18.2 Å². The van der Waals surface area contributed by atoms with Gasteiger partial charge in [-0.05, 0) is 25.5 Å². The molecule has 0 unspecified atom stereocenters. The zero-order valence-electron chi connectivity index (χ0n) is 11.9. The third kappa shape index (κ3) is 4.91. The van der Waals surface area contributed by atoms with Gasteiger partial charge in [-0.2, -0.15) is 0 Å². The van der Waals surface area contributed by atoms with E-state index < -0.39 is 5.97 Å². The minimum absolute atomic E-state index is 0.241. The summed E-state index contributed by atoms with van der Waals surface area (Å²) in [6.07, 6.45) is 2.44. The zero-order valence-corrected chi connectivity index (χ0v) is 11.9. The molecule has 0 aromatic heterocycles. The van der Waals surface area contributed by atoms with E-state index in [-0.39, 0.29) is 12.4 Å². The van der Waals surface area contributed by atoms with Crippen LogP contribution in [0.5, 0.6) is 11.5 Å². The lowest BCUT2D eigenvalue weighted by Gasteiger charge is -2.13. The summed E-state index contributed by atoms with van der Waals surface area (Å²) in [5.74, 6) is 0.261. The molecule has 0 spiro atoms. The van der Waals surface area contributed by atoms with Gasteiger partial charge in [0.15, 0.2) is 24.4 Å². The minimum atomic E-state index is -0.457. The van der Waals surface area contributed by atoms with Gasteiger partial charge in [-0.1, -0.05) is 19.4 Å². The highest BCUT2D eigenvalue weighted by atomic mass is 16.6. The van der Waals surface area contributed by atoms with Gasteiger partial charge in [0.25, 0.3) is 0 Å². The molecule has 0 N–H and O–H groups in total. The summed E-state index contributed by atoms with van der Waals surface area (Å²) in [6, 6.07) is 4.99. The average Bonchev–Trinajstić information content (AvgIpc) is 2.46. The summed E-state index contributed by atoms with van der Waals surface area (Å²) in [5.41, 5.74) is 0.345. The number of rotatable bonds is 9. The quantitative estimate of drug-likeness (QED) is 0.395. The van der Waals surface area contributed by atoms with Crippen LogP contribution in [-0.2, 0) is 9.53 Å². The Morgan fingerprint density at radius 1 is 1.25 bits per heavy atom. The number of esters is 1. The molecule has 0 atom stereocenters. The van der Waals surface area contributed by atoms with Crippen molar-refractivity contribution in [3.8, 4) is 11.5 Å². The number of carbonyl (C=O) groups excluding carboxylic acids is 2. The molecule has 0 aliphatic heterocycles. The third-order valence-corrected chi connectivity index (χ3v) is 2.53. The van der Waals surface area contributed by atoms with Crippen LogP contribution in [0, 0.1) is 0 Å². The first-order chi connectivity index (χ1) is 9.72. The molecule has 0 bridgehead atoms. The van der Waals surface area contributed by atoms with Gasteiger partial charge in [0.1, 0.15) is 0 Å². The zero-order chi connectivity index (χ0) is 14.8.